The Morgan fingerprint density at radius 2 is 1.75 bits per heavy atom. The SMILES string of the molecule is CC(C)CC(NC(=O)C1(C(=O)Nc2ccccc2)CCCCC1)C(=O)c1nnc(SCCN(C)C)o1. The average Bonchev–Trinajstić information content (AvgIpc) is 3.32. The van der Waals surface area contributed by atoms with Crippen LogP contribution in [-0.4, -0.2) is 65.1 Å². The number of aromatic nitrogens is 2. The van der Waals surface area contributed by atoms with Gasteiger partial charge in [0, 0.05) is 18.0 Å². The third-order valence-corrected chi connectivity index (χ3v) is 7.12. The van der Waals surface area contributed by atoms with Crippen molar-refractivity contribution in [3.8, 4) is 0 Å². The Labute approximate surface area is 217 Å². The van der Waals surface area contributed by atoms with Crippen molar-refractivity contribution in [2.45, 2.75) is 63.6 Å². The fourth-order valence-corrected chi connectivity index (χ4v) is 5.18. The number of hydrogen-bond acceptors (Lipinski definition) is 8. The van der Waals surface area contributed by atoms with Crippen LogP contribution in [0.5, 0.6) is 0 Å². The van der Waals surface area contributed by atoms with Crippen LogP contribution in [0.2, 0.25) is 0 Å². The molecule has 0 aliphatic heterocycles. The largest absolute Gasteiger partial charge is 0.408 e. The van der Waals surface area contributed by atoms with Gasteiger partial charge in [-0.25, -0.2) is 0 Å². The zero-order valence-corrected chi connectivity index (χ0v) is 22.4. The van der Waals surface area contributed by atoms with E-state index in [0.29, 0.717) is 30.2 Å². The number of Topliss-reactive ketones (excluding diaryl/α,β-unsaturated/α-hetero) is 1. The molecule has 36 heavy (non-hydrogen) atoms. The van der Waals surface area contributed by atoms with Gasteiger partial charge in [0.25, 0.3) is 11.1 Å². The van der Waals surface area contributed by atoms with Crippen LogP contribution in [0.3, 0.4) is 0 Å². The van der Waals surface area contributed by atoms with E-state index in [0.717, 1.165) is 31.6 Å². The number of amides is 2. The van der Waals surface area contributed by atoms with Crippen LogP contribution in [0, 0.1) is 11.3 Å². The van der Waals surface area contributed by atoms with Gasteiger partial charge in [0.1, 0.15) is 5.41 Å². The second-order valence-corrected chi connectivity index (χ2v) is 11.1. The Kier molecular flexibility index (Phi) is 10.1. The first kappa shape index (κ1) is 27.9. The summed E-state index contributed by atoms with van der Waals surface area (Å²) in [5.74, 6) is -0.447. The van der Waals surface area contributed by atoms with Crippen LogP contribution in [0.4, 0.5) is 5.69 Å². The number of benzene rings is 1. The molecule has 0 radical (unpaired) electrons. The summed E-state index contributed by atoms with van der Waals surface area (Å²) in [6.07, 6.45) is 3.79. The quantitative estimate of drug-likeness (QED) is 0.247. The average molecular weight is 516 g/mol. The highest BCUT2D eigenvalue weighted by Crippen LogP contribution is 2.38. The van der Waals surface area contributed by atoms with Crippen LogP contribution in [0.1, 0.15) is 63.1 Å². The summed E-state index contributed by atoms with van der Waals surface area (Å²) in [6, 6.07) is 8.25. The monoisotopic (exact) mass is 515 g/mol. The number of rotatable bonds is 12. The van der Waals surface area contributed by atoms with Crippen LogP contribution < -0.4 is 10.6 Å². The first-order valence-electron chi connectivity index (χ1n) is 12.5. The fourth-order valence-electron chi connectivity index (χ4n) is 4.32. The van der Waals surface area contributed by atoms with Crippen molar-refractivity contribution in [2.75, 3.05) is 31.7 Å². The van der Waals surface area contributed by atoms with Crippen LogP contribution in [0.15, 0.2) is 40.0 Å². The number of hydrogen-bond donors (Lipinski definition) is 2. The maximum Gasteiger partial charge on any atom is 0.286 e. The maximum absolute atomic E-state index is 13.7. The molecule has 2 N–H and O–H groups in total. The zero-order valence-electron chi connectivity index (χ0n) is 21.6. The number of ketones is 1. The molecule has 9 nitrogen and oxygen atoms in total. The van der Waals surface area contributed by atoms with Crippen molar-refractivity contribution >= 4 is 35.0 Å². The summed E-state index contributed by atoms with van der Waals surface area (Å²) in [5, 5.41) is 14.1. The Hall–Kier alpha value is -2.72. The van der Waals surface area contributed by atoms with Gasteiger partial charge in [-0.3, -0.25) is 14.4 Å². The molecule has 1 fully saturated rings. The smallest absolute Gasteiger partial charge is 0.286 e. The molecule has 1 heterocycles. The van der Waals surface area contributed by atoms with Crippen LogP contribution in [-0.2, 0) is 9.59 Å². The lowest BCUT2D eigenvalue weighted by Gasteiger charge is -2.35. The van der Waals surface area contributed by atoms with Gasteiger partial charge < -0.3 is 20.0 Å². The van der Waals surface area contributed by atoms with E-state index in [-0.39, 0.29) is 17.7 Å². The minimum atomic E-state index is -1.23. The molecule has 1 atom stereocenters. The predicted molar refractivity (Wildman–Crippen MR) is 140 cm³/mol. The van der Waals surface area contributed by atoms with E-state index in [1.165, 1.54) is 11.8 Å². The Balaban J connectivity index is 1.76. The van der Waals surface area contributed by atoms with Crippen molar-refractivity contribution in [3.05, 3.63) is 36.2 Å². The van der Waals surface area contributed by atoms with Gasteiger partial charge in [-0.05, 0) is 51.4 Å². The second kappa shape index (κ2) is 13.0. The lowest BCUT2D eigenvalue weighted by atomic mass is 9.72. The topological polar surface area (TPSA) is 117 Å². The predicted octanol–water partition coefficient (Wildman–Crippen LogP) is 4.03. The first-order chi connectivity index (χ1) is 17.2. The van der Waals surface area contributed by atoms with Gasteiger partial charge in [0.2, 0.25) is 17.6 Å². The normalized spacial score (nSPS) is 16.1. The van der Waals surface area contributed by atoms with Gasteiger partial charge in [-0.2, -0.15) is 0 Å². The molecule has 1 saturated carbocycles. The molecule has 2 aromatic rings. The molecule has 0 bridgehead atoms. The Bertz CT molecular complexity index is 1020. The maximum atomic E-state index is 13.7. The van der Waals surface area contributed by atoms with Crippen molar-refractivity contribution in [2.24, 2.45) is 11.3 Å². The van der Waals surface area contributed by atoms with Crippen LogP contribution in [0.25, 0.3) is 0 Å². The zero-order chi connectivity index (χ0) is 26.1. The summed E-state index contributed by atoms with van der Waals surface area (Å²) < 4.78 is 5.61. The number of carbonyl (C=O) groups is 3. The molecule has 1 unspecified atom stereocenters. The van der Waals surface area contributed by atoms with E-state index >= 15 is 0 Å². The standard InChI is InChI=1S/C26H37N5O4S/c1-18(2)17-20(21(32)22-29-30-25(35-22)36-16-15-31(3)4)28-24(34)26(13-9-6-10-14-26)23(33)27-19-11-7-5-8-12-19/h5,7-8,11-12,18,20H,6,9-10,13-17H2,1-4H3,(H,27,33)(H,28,34). The van der Waals surface area contributed by atoms with E-state index in [9.17, 15) is 14.4 Å². The van der Waals surface area contributed by atoms with E-state index in [1.807, 2.05) is 51.0 Å². The van der Waals surface area contributed by atoms with E-state index in [1.54, 1.807) is 12.1 Å². The molecule has 0 saturated heterocycles. The molecule has 1 aromatic heterocycles. The van der Waals surface area contributed by atoms with Gasteiger partial charge in [0.05, 0.1) is 6.04 Å². The fraction of sp³-hybridized carbons (Fsp3) is 0.577. The van der Waals surface area contributed by atoms with Crippen molar-refractivity contribution in [1.29, 1.82) is 0 Å². The van der Waals surface area contributed by atoms with Crippen molar-refractivity contribution in [3.63, 3.8) is 0 Å². The molecule has 2 amide bonds. The molecular formula is C26H37N5O4S. The lowest BCUT2D eigenvalue weighted by molar-refractivity contribution is -0.143. The number of nitrogens with zero attached hydrogens (tertiary/aromatic N) is 3. The second-order valence-electron chi connectivity index (χ2n) is 10.0. The van der Waals surface area contributed by atoms with Gasteiger partial charge >= 0.3 is 0 Å². The molecule has 3 rings (SSSR count). The molecule has 1 aromatic carbocycles. The van der Waals surface area contributed by atoms with E-state index in [2.05, 4.69) is 20.8 Å². The summed E-state index contributed by atoms with van der Waals surface area (Å²) in [4.78, 5) is 42.5. The number of para-hydroxylation sites is 1. The van der Waals surface area contributed by atoms with E-state index < -0.39 is 23.1 Å². The van der Waals surface area contributed by atoms with Crippen LogP contribution >= 0.6 is 11.8 Å². The van der Waals surface area contributed by atoms with Crippen molar-refractivity contribution < 1.29 is 18.8 Å². The molecular weight excluding hydrogens is 478 g/mol. The third kappa shape index (κ3) is 7.39. The Morgan fingerprint density at radius 1 is 1.06 bits per heavy atom. The molecule has 1 aliphatic rings. The Morgan fingerprint density at radius 3 is 2.39 bits per heavy atom. The third-order valence-electron chi connectivity index (χ3n) is 6.32. The number of carbonyl (C=O) groups excluding carboxylic acids is 3. The molecule has 1 aliphatic carbocycles. The molecule has 196 valence electrons. The lowest BCUT2D eigenvalue weighted by Crippen LogP contribution is -2.54. The minimum Gasteiger partial charge on any atom is -0.408 e. The highest BCUT2D eigenvalue weighted by atomic mass is 32.2. The van der Waals surface area contributed by atoms with Crippen molar-refractivity contribution in [1.82, 2.24) is 20.4 Å². The van der Waals surface area contributed by atoms with Gasteiger partial charge in [0.15, 0.2) is 0 Å². The van der Waals surface area contributed by atoms with E-state index in [4.69, 9.17) is 4.42 Å². The summed E-state index contributed by atoms with van der Waals surface area (Å²) in [7, 11) is 3.95. The molecule has 10 heteroatoms. The van der Waals surface area contributed by atoms with Gasteiger partial charge in [-0.15, -0.1) is 10.2 Å². The summed E-state index contributed by atoms with van der Waals surface area (Å²) in [5.41, 5.74) is -0.591. The first-order valence-corrected chi connectivity index (χ1v) is 13.5. The number of anilines is 1. The van der Waals surface area contributed by atoms with Gasteiger partial charge in [-0.1, -0.05) is 63.1 Å². The summed E-state index contributed by atoms with van der Waals surface area (Å²) >= 11 is 1.38. The summed E-state index contributed by atoms with van der Waals surface area (Å²) in [6.45, 7) is 4.78. The molecule has 0 spiro atoms. The number of thioether (sulfide) groups is 1. The number of nitrogens with one attached hydrogen (secondary N) is 2. The minimum absolute atomic E-state index is 0.122. The highest BCUT2D eigenvalue weighted by Gasteiger charge is 2.47. The highest BCUT2D eigenvalue weighted by molar-refractivity contribution is 7.99.